The molecule has 0 aliphatic rings. The van der Waals surface area contributed by atoms with Gasteiger partial charge in [-0.1, -0.05) is 42.5 Å². The van der Waals surface area contributed by atoms with E-state index in [9.17, 15) is 4.79 Å². The zero-order valence-electron chi connectivity index (χ0n) is 14.1. The van der Waals surface area contributed by atoms with Gasteiger partial charge in [-0.3, -0.25) is 9.69 Å². The number of rotatable bonds is 9. The Bertz CT molecular complexity index is 632. The minimum atomic E-state index is -0.0773. The molecule has 5 heteroatoms. The molecule has 0 aliphatic heterocycles. The van der Waals surface area contributed by atoms with Crippen LogP contribution in [0.2, 0.25) is 0 Å². The van der Waals surface area contributed by atoms with Gasteiger partial charge < -0.3 is 15.8 Å². The number of carbonyl (C=O) groups excluding carboxylic acids is 1. The molecule has 0 aromatic heterocycles. The van der Waals surface area contributed by atoms with Crippen molar-refractivity contribution in [3.8, 4) is 5.75 Å². The van der Waals surface area contributed by atoms with E-state index in [1.54, 1.807) is 0 Å². The smallest absolute Gasteiger partial charge is 0.238 e. The Morgan fingerprint density at radius 3 is 2.54 bits per heavy atom. The van der Waals surface area contributed by atoms with E-state index in [2.05, 4.69) is 5.32 Å². The molecule has 0 fully saturated rings. The number of hydrogen-bond donors (Lipinski definition) is 2. The molecule has 2 rings (SSSR count). The maximum Gasteiger partial charge on any atom is 0.238 e. The van der Waals surface area contributed by atoms with Gasteiger partial charge in [0.05, 0.1) is 18.8 Å². The number of para-hydroxylation sites is 2. The van der Waals surface area contributed by atoms with Crippen LogP contribution in [0.4, 0.5) is 5.69 Å². The molecule has 0 bridgehead atoms. The second kappa shape index (κ2) is 9.70. The van der Waals surface area contributed by atoms with Crippen molar-refractivity contribution < 1.29 is 9.53 Å². The van der Waals surface area contributed by atoms with Crippen LogP contribution in [-0.2, 0) is 11.3 Å². The first-order valence-electron chi connectivity index (χ1n) is 8.21. The molecule has 0 unspecified atom stereocenters. The van der Waals surface area contributed by atoms with Crippen LogP contribution in [0.3, 0.4) is 0 Å². The molecule has 1 amide bonds. The van der Waals surface area contributed by atoms with E-state index in [0.29, 0.717) is 37.7 Å². The van der Waals surface area contributed by atoms with E-state index in [1.165, 1.54) is 0 Å². The van der Waals surface area contributed by atoms with Gasteiger partial charge in [0.15, 0.2) is 0 Å². The summed E-state index contributed by atoms with van der Waals surface area (Å²) >= 11 is 0. The number of carbonyl (C=O) groups is 1. The normalized spacial score (nSPS) is 10.6. The number of benzene rings is 2. The average molecular weight is 327 g/mol. The predicted octanol–water partition coefficient (Wildman–Crippen LogP) is 2.48. The number of nitrogens with zero attached hydrogens (tertiary/aromatic N) is 1. The maximum absolute atomic E-state index is 12.4. The number of nitrogens with two attached hydrogens (primary N) is 1. The van der Waals surface area contributed by atoms with Crippen LogP contribution in [0.25, 0.3) is 0 Å². The van der Waals surface area contributed by atoms with Gasteiger partial charge in [0.2, 0.25) is 5.91 Å². The summed E-state index contributed by atoms with van der Waals surface area (Å²) in [5.41, 5.74) is 7.53. The van der Waals surface area contributed by atoms with Crippen LogP contribution in [0.1, 0.15) is 12.5 Å². The third-order valence-corrected chi connectivity index (χ3v) is 3.52. The Balaban J connectivity index is 1.98. The SMILES string of the molecule is CCOc1ccccc1NC(=O)CN(CCN)Cc1ccccc1. The lowest BCUT2D eigenvalue weighted by Crippen LogP contribution is -2.36. The van der Waals surface area contributed by atoms with Gasteiger partial charge in [0, 0.05) is 19.6 Å². The van der Waals surface area contributed by atoms with E-state index in [0.717, 1.165) is 5.56 Å². The summed E-state index contributed by atoms with van der Waals surface area (Å²) in [7, 11) is 0. The van der Waals surface area contributed by atoms with Gasteiger partial charge in [0.1, 0.15) is 5.75 Å². The summed E-state index contributed by atoms with van der Waals surface area (Å²) in [6, 6.07) is 17.5. The van der Waals surface area contributed by atoms with Gasteiger partial charge in [-0.2, -0.15) is 0 Å². The number of amides is 1. The molecule has 0 aliphatic carbocycles. The average Bonchev–Trinajstić information content (AvgIpc) is 2.58. The molecule has 24 heavy (non-hydrogen) atoms. The van der Waals surface area contributed by atoms with Crippen molar-refractivity contribution in [2.75, 3.05) is 31.6 Å². The highest BCUT2D eigenvalue weighted by molar-refractivity contribution is 5.93. The first-order valence-corrected chi connectivity index (χ1v) is 8.21. The zero-order chi connectivity index (χ0) is 17.2. The third-order valence-electron chi connectivity index (χ3n) is 3.52. The highest BCUT2D eigenvalue weighted by atomic mass is 16.5. The molecular formula is C19H25N3O2. The molecule has 3 N–H and O–H groups in total. The van der Waals surface area contributed by atoms with Gasteiger partial charge in [-0.15, -0.1) is 0 Å². The van der Waals surface area contributed by atoms with Gasteiger partial charge in [-0.25, -0.2) is 0 Å². The molecule has 2 aromatic rings. The van der Waals surface area contributed by atoms with Crippen LogP contribution >= 0.6 is 0 Å². The molecule has 0 heterocycles. The molecular weight excluding hydrogens is 302 g/mol. The molecule has 128 valence electrons. The Labute approximate surface area is 143 Å². The van der Waals surface area contributed by atoms with Gasteiger partial charge in [-0.05, 0) is 24.6 Å². The molecule has 0 atom stereocenters. The first-order chi connectivity index (χ1) is 11.7. The quantitative estimate of drug-likeness (QED) is 0.742. The summed E-state index contributed by atoms with van der Waals surface area (Å²) in [5.74, 6) is 0.605. The Morgan fingerprint density at radius 2 is 1.83 bits per heavy atom. The fraction of sp³-hybridized carbons (Fsp3) is 0.316. The molecule has 0 spiro atoms. The Morgan fingerprint density at radius 1 is 1.12 bits per heavy atom. The van der Waals surface area contributed by atoms with Crippen molar-refractivity contribution in [1.29, 1.82) is 0 Å². The third kappa shape index (κ3) is 5.68. The van der Waals surface area contributed by atoms with Crippen molar-refractivity contribution in [1.82, 2.24) is 4.90 Å². The van der Waals surface area contributed by atoms with Crippen molar-refractivity contribution in [3.05, 3.63) is 60.2 Å². The van der Waals surface area contributed by atoms with Crippen molar-refractivity contribution in [3.63, 3.8) is 0 Å². The van der Waals surface area contributed by atoms with Gasteiger partial charge in [0.25, 0.3) is 0 Å². The minimum absolute atomic E-state index is 0.0773. The summed E-state index contributed by atoms with van der Waals surface area (Å²) in [4.78, 5) is 14.4. The van der Waals surface area contributed by atoms with Crippen molar-refractivity contribution in [2.24, 2.45) is 5.73 Å². The maximum atomic E-state index is 12.4. The van der Waals surface area contributed by atoms with E-state index in [-0.39, 0.29) is 12.5 Å². The zero-order valence-corrected chi connectivity index (χ0v) is 14.1. The predicted molar refractivity (Wildman–Crippen MR) is 97.0 cm³/mol. The fourth-order valence-electron chi connectivity index (χ4n) is 2.48. The lowest BCUT2D eigenvalue weighted by molar-refractivity contribution is -0.117. The molecule has 2 aromatic carbocycles. The van der Waals surface area contributed by atoms with Crippen LogP contribution in [-0.4, -0.2) is 37.0 Å². The summed E-state index contributed by atoms with van der Waals surface area (Å²) in [5, 5.41) is 2.92. The Hall–Kier alpha value is -2.37. The fourth-order valence-corrected chi connectivity index (χ4v) is 2.48. The molecule has 5 nitrogen and oxygen atoms in total. The van der Waals surface area contributed by atoms with E-state index >= 15 is 0 Å². The van der Waals surface area contributed by atoms with E-state index in [4.69, 9.17) is 10.5 Å². The number of ether oxygens (including phenoxy) is 1. The first kappa shape index (κ1) is 18.0. The summed E-state index contributed by atoms with van der Waals surface area (Å²) in [6.07, 6.45) is 0. The topological polar surface area (TPSA) is 67.6 Å². The molecule has 0 saturated heterocycles. The lowest BCUT2D eigenvalue weighted by Gasteiger charge is -2.21. The highest BCUT2D eigenvalue weighted by Crippen LogP contribution is 2.23. The monoisotopic (exact) mass is 327 g/mol. The Kier molecular flexibility index (Phi) is 7.26. The minimum Gasteiger partial charge on any atom is -0.492 e. The standard InChI is InChI=1S/C19H25N3O2/c1-2-24-18-11-7-6-10-17(18)21-19(23)15-22(13-12-20)14-16-8-4-3-5-9-16/h3-11H,2,12-15,20H2,1H3,(H,21,23). The van der Waals surface area contributed by atoms with Crippen LogP contribution in [0.5, 0.6) is 5.75 Å². The second-order valence-electron chi connectivity index (χ2n) is 5.46. The summed E-state index contributed by atoms with van der Waals surface area (Å²) in [6.45, 7) is 4.62. The van der Waals surface area contributed by atoms with E-state index < -0.39 is 0 Å². The molecule has 0 saturated carbocycles. The van der Waals surface area contributed by atoms with Crippen molar-refractivity contribution >= 4 is 11.6 Å². The van der Waals surface area contributed by atoms with Crippen LogP contribution < -0.4 is 15.8 Å². The number of nitrogens with one attached hydrogen (secondary N) is 1. The number of anilines is 1. The highest BCUT2D eigenvalue weighted by Gasteiger charge is 2.12. The van der Waals surface area contributed by atoms with Gasteiger partial charge >= 0.3 is 0 Å². The number of hydrogen-bond acceptors (Lipinski definition) is 4. The lowest BCUT2D eigenvalue weighted by atomic mass is 10.2. The summed E-state index contributed by atoms with van der Waals surface area (Å²) < 4.78 is 5.54. The van der Waals surface area contributed by atoms with Crippen LogP contribution in [0.15, 0.2) is 54.6 Å². The molecule has 0 radical (unpaired) electrons. The van der Waals surface area contributed by atoms with E-state index in [1.807, 2.05) is 66.4 Å². The second-order valence-corrected chi connectivity index (χ2v) is 5.46. The van der Waals surface area contributed by atoms with Crippen LogP contribution in [0, 0.1) is 0 Å². The largest absolute Gasteiger partial charge is 0.492 e. The van der Waals surface area contributed by atoms with Crippen molar-refractivity contribution in [2.45, 2.75) is 13.5 Å².